The van der Waals surface area contributed by atoms with Gasteiger partial charge in [0, 0.05) is 24.7 Å². The molecule has 0 aliphatic carbocycles. The first-order chi connectivity index (χ1) is 15.6. The SMILES string of the molecule is CCCCN(C(=O)CSc1nnc(-c2ccc(C(C)(C)C)cc2)n1CC)C1CCS(=O)(=O)C1. The van der Waals surface area contributed by atoms with Crippen LogP contribution >= 0.6 is 11.8 Å². The molecule has 2 aromatic rings. The molecule has 1 fully saturated rings. The number of unbranched alkanes of at least 4 members (excludes halogenated alkanes) is 1. The van der Waals surface area contributed by atoms with Crippen LogP contribution in [0.1, 0.15) is 59.4 Å². The predicted molar refractivity (Wildman–Crippen MR) is 134 cm³/mol. The molecule has 1 aromatic carbocycles. The van der Waals surface area contributed by atoms with E-state index in [1.807, 2.05) is 11.5 Å². The number of aromatic nitrogens is 3. The van der Waals surface area contributed by atoms with Crippen molar-refractivity contribution in [2.75, 3.05) is 23.8 Å². The summed E-state index contributed by atoms with van der Waals surface area (Å²) in [5.41, 5.74) is 2.34. The lowest BCUT2D eigenvalue weighted by molar-refractivity contribution is -0.130. The number of sulfone groups is 1. The van der Waals surface area contributed by atoms with E-state index in [4.69, 9.17) is 0 Å². The van der Waals surface area contributed by atoms with Gasteiger partial charge in [0.25, 0.3) is 0 Å². The molecule has 33 heavy (non-hydrogen) atoms. The zero-order valence-corrected chi connectivity index (χ0v) is 22.0. The number of hydrogen-bond donors (Lipinski definition) is 0. The number of carbonyl (C=O) groups is 1. The highest BCUT2D eigenvalue weighted by atomic mass is 32.2. The van der Waals surface area contributed by atoms with Crippen molar-refractivity contribution in [3.63, 3.8) is 0 Å². The Kier molecular flexibility index (Phi) is 8.26. The first kappa shape index (κ1) is 25.7. The standard InChI is InChI=1S/C24H36N4O3S2/c1-6-8-14-28(20-13-15-33(30,31)17-20)21(29)16-32-23-26-25-22(27(23)7-2)18-9-11-19(12-10-18)24(3,4)5/h9-12,20H,6-8,13-17H2,1-5H3. The summed E-state index contributed by atoms with van der Waals surface area (Å²) in [7, 11) is -3.04. The van der Waals surface area contributed by atoms with Gasteiger partial charge in [-0.05, 0) is 30.7 Å². The number of hydrogen-bond acceptors (Lipinski definition) is 6. The van der Waals surface area contributed by atoms with E-state index in [-0.39, 0.29) is 34.6 Å². The Morgan fingerprint density at radius 1 is 1.18 bits per heavy atom. The normalized spacial score (nSPS) is 17.9. The summed E-state index contributed by atoms with van der Waals surface area (Å²) in [5, 5.41) is 9.47. The highest BCUT2D eigenvalue weighted by Crippen LogP contribution is 2.28. The largest absolute Gasteiger partial charge is 0.338 e. The average Bonchev–Trinajstić information content (AvgIpc) is 3.34. The van der Waals surface area contributed by atoms with Gasteiger partial charge in [-0.3, -0.25) is 4.79 Å². The van der Waals surface area contributed by atoms with Crippen LogP contribution in [0.4, 0.5) is 0 Å². The number of carbonyl (C=O) groups excluding carboxylic acids is 1. The Balaban J connectivity index is 1.72. The van der Waals surface area contributed by atoms with Crippen molar-refractivity contribution in [1.29, 1.82) is 0 Å². The molecule has 1 aliphatic heterocycles. The maximum absolute atomic E-state index is 13.1. The Morgan fingerprint density at radius 2 is 1.88 bits per heavy atom. The second kappa shape index (κ2) is 10.6. The highest BCUT2D eigenvalue weighted by Gasteiger charge is 2.34. The van der Waals surface area contributed by atoms with Crippen LogP contribution in [0.25, 0.3) is 11.4 Å². The van der Waals surface area contributed by atoms with E-state index in [1.54, 1.807) is 4.90 Å². The Labute approximate surface area is 202 Å². The van der Waals surface area contributed by atoms with Gasteiger partial charge in [0.2, 0.25) is 5.91 Å². The first-order valence-corrected chi connectivity index (χ1v) is 14.5. The van der Waals surface area contributed by atoms with E-state index < -0.39 is 9.84 Å². The van der Waals surface area contributed by atoms with Crippen LogP contribution < -0.4 is 0 Å². The Morgan fingerprint density at radius 3 is 2.42 bits per heavy atom. The molecule has 1 amide bonds. The summed E-state index contributed by atoms with van der Waals surface area (Å²) in [5.74, 6) is 1.23. The van der Waals surface area contributed by atoms with Crippen molar-refractivity contribution in [3.8, 4) is 11.4 Å². The van der Waals surface area contributed by atoms with Gasteiger partial charge in [0.05, 0.1) is 17.3 Å². The van der Waals surface area contributed by atoms with E-state index in [0.29, 0.717) is 24.7 Å². The van der Waals surface area contributed by atoms with E-state index in [2.05, 4.69) is 62.2 Å². The maximum atomic E-state index is 13.1. The molecule has 0 radical (unpaired) electrons. The van der Waals surface area contributed by atoms with Crippen LogP contribution in [0.2, 0.25) is 0 Å². The fraction of sp³-hybridized carbons (Fsp3) is 0.625. The van der Waals surface area contributed by atoms with Crippen LogP contribution in [0.3, 0.4) is 0 Å². The molecule has 1 unspecified atom stereocenters. The third-order valence-electron chi connectivity index (χ3n) is 6.09. The van der Waals surface area contributed by atoms with Crippen molar-refractivity contribution in [1.82, 2.24) is 19.7 Å². The van der Waals surface area contributed by atoms with Crippen LogP contribution in [0, 0.1) is 0 Å². The van der Waals surface area contributed by atoms with Crippen molar-refractivity contribution in [2.45, 2.75) is 77.0 Å². The van der Waals surface area contributed by atoms with Gasteiger partial charge in [0.1, 0.15) is 0 Å². The predicted octanol–water partition coefficient (Wildman–Crippen LogP) is 4.17. The molecule has 1 aromatic heterocycles. The molecule has 0 spiro atoms. The van der Waals surface area contributed by atoms with Crippen LogP contribution in [-0.4, -0.2) is 63.8 Å². The van der Waals surface area contributed by atoms with Gasteiger partial charge in [-0.15, -0.1) is 10.2 Å². The molecule has 9 heteroatoms. The third-order valence-corrected chi connectivity index (χ3v) is 8.79. The van der Waals surface area contributed by atoms with E-state index in [0.717, 1.165) is 24.2 Å². The summed E-state index contributed by atoms with van der Waals surface area (Å²) in [6, 6.07) is 8.19. The molecular formula is C24H36N4O3S2. The lowest BCUT2D eigenvalue weighted by Crippen LogP contribution is -2.42. The molecule has 2 heterocycles. The lowest BCUT2D eigenvalue weighted by Gasteiger charge is -2.28. The van der Waals surface area contributed by atoms with Gasteiger partial charge >= 0.3 is 0 Å². The number of amides is 1. The van der Waals surface area contributed by atoms with Gasteiger partial charge in [-0.25, -0.2) is 8.42 Å². The minimum atomic E-state index is -3.04. The molecule has 182 valence electrons. The molecule has 1 aliphatic rings. The van der Waals surface area contributed by atoms with Crippen molar-refractivity contribution in [3.05, 3.63) is 29.8 Å². The maximum Gasteiger partial charge on any atom is 0.233 e. The fourth-order valence-electron chi connectivity index (χ4n) is 4.08. The van der Waals surface area contributed by atoms with Gasteiger partial charge in [-0.2, -0.15) is 0 Å². The summed E-state index contributed by atoms with van der Waals surface area (Å²) < 4.78 is 25.9. The molecule has 1 atom stereocenters. The van der Waals surface area contributed by atoms with E-state index >= 15 is 0 Å². The third kappa shape index (κ3) is 6.38. The summed E-state index contributed by atoms with van der Waals surface area (Å²) in [6.45, 7) is 12.0. The zero-order chi connectivity index (χ0) is 24.2. The average molecular weight is 493 g/mol. The topological polar surface area (TPSA) is 85.2 Å². The summed E-state index contributed by atoms with van der Waals surface area (Å²) in [6.07, 6.45) is 2.35. The quantitative estimate of drug-likeness (QED) is 0.489. The number of nitrogens with zero attached hydrogens (tertiary/aromatic N) is 4. The van der Waals surface area contributed by atoms with Crippen LogP contribution in [0.5, 0.6) is 0 Å². The van der Waals surface area contributed by atoms with Gasteiger partial charge in [0.15, 0.2) is 20.8 Å². The minimum absolute atomic E-state index is 0.0303. The Hall–Kier alpha value is -1.87. The second-order valence-electron chi connectivity index (χ2n) is 9.66. The molecule has 0 saturated carbocycles. The molecular weight excluding hydrogens is 456 g/mol. The molecule has 1 saturated heterocycles. The lowest BCUT2D eigenvalue weighted by atomic mass is 9.87. The fourth-order valence-corrected chi connectivity index (χ4v) is 6.70. The molecule has 7 nitrogen and oxygen atoms in total. The van der Waals surface area contributed by atoms with Crippen molar-refractivity contribution < 1.29 is 13.2 Å². The van der Waals surface area contributed by atoms with Crippen molar-refractivity contribution in [2.24, 2.45) is 0 Å². The number of thioether (sulfide) groups is 1. The molecule has 3 rings (SSSR count). The zero-order valence-electron chi connectivity index (χ0n) is 20.4. The van der Waals surface area contributed by atoms with Crippen molar-refractivity contribution >= 4 is 27.5 Å². The van der Waals surface area contributed by atoms with Crippen LogP contribution in [0.15, 0.2) is 29.4 Å². The summed E-state index contributed by atoms with van der Waals surface area (Å²) >= 11 is 1.37. The highest BCUT2D eigenvalue weighted by molar-refractivity contribution is 7.99. The minimum Gasteiger partial charge on any atom is -0.338 e. The number of benzene rings is 1. The van der Waals surface area contributed by atoms with E-state index in [9.17, 15) is 13.2 Å². The number of rotatable bonds is 9. The van der Waals surface area contributed by atoms with Gasteiger partial charge in [-0.1, -0.05) is 70.1 Å². The van der Waals surface area contributed by atoms with Crippen LogP contribution in [-0.2, 0) is 26.6 Å². The Bertz CT molecular complexity index is 1060. The molecule has 0 bridgehead atoms. The smallest absolute Gasteiger partial charge is 0.233 e. The first-order valence-electron chi connectivity index (χ1n) is 11.7. The molecule has 0 N–H and O–H groups in total. The van der Waals surface area contributed by atoms with E-state index in [1.165, 1.54) is 17.3 Å². The second-order valence-corrected chi connectivity index (χ2v) is 12.8. The summed E-state index contributed by atoms with van der Waals surface area (Å²) in [4.78, 5) is 14.9. The van der Waals surface area contributed by atoms with Gasteiger partial charge < -0.3 is 9.47 Å². The monoisotopic (exact) mass is 492 g/mol.